The largest absolute Gasteiger partial charge is 0.368 e. The van der Waals surface area contributed by atoms with Gasteiger partial charge >= 0.3 is 0 Å². The summed E-state index contributed by atoms with van der Waals surface area (Å²) in [5, 5.41) is 2.81. The van der Waals surface area contributed by atoms with Crippen LogP contribution in [-0.2, 0) is 9.59 Å². The van der Waals surface area contributed by atoms with Gasteiger partial charge in [-0.25, -0.2) is 4.39 Å². The van der Waals surface area contributed by atoms with E-state index in [-0.39, 0.29) is 76.8 Å². The molecule has 0 bridgehead atoms. The first-order chi connectivity index (χ1) is 20.1. The second kappa shape index (κ2) is 19.1. The number of carbonyl (C=O) groups excluding carboxylic acids is 3. The first-order valence-electron chi connectivity index (χ1n) is 13.6. The van der Waals surface area contributed by atoms with Crippen molar-refractivity contribution in [2.75, 3.05) is 38.0 Å². The number of unbranched alkanes of at least 4 members (excludes halogenated alkanes) is 1. The van der Waals surface area contributed by atoms with Crippen molar-refractivity contribution < 1.29 is 18.8 Å². The van der Waals surface area contributed by atoms with Crippen LogP contribution in [0.15, 0.2) is 60.9 Å². The van der Waals surface area contributed by atoms with Crippen molar-refractivity contribution >= 4 is 83.8 Å². The molecule has 3 aromatic rings. The minimum atomic E-state index is -0.694. The van der Waals surface area contributed by atoms with Gasteiger partial charge in [0.15, 0.2) is 0 Å². The van der Waals surface area contributed by atoms with Crippen molar-refractivity contribution in [1.82, 2.24) is 14.8 Å². The Bertz CT molecular complexity index is 1400. The molecule has 4 rings (SSSR count). The molecule has 246 valence electrons. The van der Waals surface area contributed by atoms with Crippen LogP contribution in [0, 0.1) is 5.82 Å². The monoisotopic (exact) mass is 722 g/mol. The molecule has 1 aliphatic rings. The zero-order valence-electron chi connectivity index (χ0n) is 24.2. The Balaban J connectivity index is 0.00000337. The van der Waals surface area contributed by atoms with Crippen molar-refractivity contribution in [3.63, 3.8) is 0 Å². The lowest BCUT2D eigenvalue weighted by Gasteiger charge is -2.39. The zero-order chi connectivity index (χ0) is 30.2. The first-order valence-corrected chi connectivity index (χ1v) is 14.4. The smallest absolute Gasteiger partial charge is 0.248 e. The van der Waals surface area contributed by atoms with Crippen LogP contribution in [0.3, 0.4) is 0 Å². The van der Waals surface area contributed by atoms with Crippen molar-refractivity contribution in [3.8, 4) is 0 Å². The predicted molar refractivity (Wildman–Crippen MR) is 183 cm³/mol. The number of anilines is 1. The molecule has 2 heterocycles. The quantitative estimate of drug-likeness (QED) is 0.217. The highest BCUT2D eigenvalue weighted by atomic mass is 35.5. The molecule has 1 fully saturated rings. The van der Waals surface area contributed by atoms with E-state index in [2.05, 4.69) is 15.2 Å². The van der Waals surface area contributed by atoms with Crippen molar-refractivity contribution in [2.45, 2.75) is 31.2 Å². The molecule has 3 amide bonds. The van der Waals surface area contributed by atoms with E-state index in [1.807, 2.05) is 30.5 Å². The second-order valence-corrected chi connectivity index (χ2v) is 11.1. The average molecular weight is 725 g/mol. The number of hydrogen-bond acceptors (Lipinski definition) is 6. The summed E-state index contributed by atoms with van der Waals surface area (Å²) in [6.45, 7) is 2.22. The highest BCUT2D eigenvalue weighted by molar-refractivity contribution is 6.40. The number of nitrogens with one attached hydrogen (secondary N) is 1. The van der Waals surface area contributed by atoms with Crippen molar-refractivity contribution in [3.05, 3.63) is 93.5 Å². The molecule has 2 unspecified atom stereocenters. The molecule has 0 spiro atoms. The lowest BCUT2D eigenvalue weighted by Crippen LogP contribution is -2.59. The molecule has 0 saturated carbocycles. The summed E-state index contributed by atoms with van der Waals surface area (Å²) < 4.78 is 13.5. The molecule has 1 aliphatic heterocycles. The maximum Gasteiger partial charge on any atom is 0.248 e. The summed E-state index contributed by atoms with van der Waals surface area (Å²) in [5.74, 6) is -1.80. The van der Waals surface area contributed by atoms with E-state index < -0.39 is 23.8 Å². The van der Waals surface area contributed by atoms with Gasteiger partial charge in [-0.2, -0.15) is 0 Å². The number of nitrogens with zero attached hydrogens (tertiary/aromatic N) is 3. The van der Waals surface area contributed by atoms with Gasteiger partial charge in [0.05, 0.1) is 22.3 Å². The highest BCUT2D eigenvalue weighted by Gasteiger charge is 2.32. The molecular formula is C30H36Cl5FN6O3. The fourth-order valence-electron chi connectivity index (χ4n) is 5.22. The van der Waals surface area contributed by atoms with Crippen LogP contribution in [0.1, 0.15) is 46.7 Å². The van der Waals surface area contributed by atoms with Crippen LogP contribution in [-0.4, -0.2) is 71.3 Å². The van der Waals surface area contributed by atoms with Gasteiger partial charge in [-0.1, -0.05) is 47.8 Å². The standard InChI is InChI=1S/C30H33Cl2FN6O3.3ClH/c31-24-14-21(29(34)41)15-25(32)28(24)37-27(40)18-39-13-12-38(17-26(39)30(35)42)11-2-1-5-23(20-4-3-10-36-16-20)19-6-8-22(33)9-7-19;;;/h3-4,6-10,14-16,23,26H,1-2,5,11-13,17-18H2,(H2,34,41)(H2,35,42)(H,37,40);3*1H. The minimum Gasteiger partial charge on any atom is -0.368 e. The number of pyridine rings is 1. The topological polar surface area (TPSA) is 135 Å². The number of piperazine rings is 1. The Morgan fingerprint density at radius 1 is 0.978 bits per heavy atom. The Morgan fingerprint density at radius 2 is 1.64 bits per heavy atom. The van der Waals surface area contributed by atoms with Crippen molar-refractivity contribution in [1.29, 1.82) is 0 Å². The lowest BCUT2D eigenvalue weighted by molar-refractivity contribution is -0.127. The maximum atomic E-state index is 13.5. The van der Waals surface area contributed by atoms with Crippen LogP contribution in [0.4, 0.5) is 10.1 Å². The van der Waals surface area contributed by atoms with E-state index in [0.717, 1.165) is 36.9 Å². The molecule has 1 saturated heterocycles. The van der Waals surface area contributed by atoms with Gasteiger partial charge in [-0.05, 0) is 60.8 Å². The zero-order valence-corrected chi connectivity index (χ0v) is 28.1. The summed E-state index contributed by atoms with van der Waals surface area (Å²) in [5.41, 5.74) is 13.4. The van der Waals surface area contributed by atoms with E-state index in [0.29, 0.717) is 19.6 Å². The van der Waals surface area contributed by atoms with Crippen LogP contribution >= 0.6 is 60.4 Å². The molecule has 2 atom stereocenters. The third kappa shape index (κ3) is 11.2. The number of benzene rings is 2. The normalized spacial score (nSPS) is 15.5. The van der Waals surface area contributed by atoms with E-state index in [4.69, 9.17) is 34.7 Å². The van der Waals surface area contributed by atoms with Gasteiger partial charge in [0.1, 0.15) is 11.9 Å². The second-order valence-electron chi connectivity index (χ2n) is 10.3. The van der Waals surface area contributed by atoms with Crippen LogP contribution in [0.25, 0.3) is 0 Å². The molecule has 0 radical (unpaired) electrons. The van der Waals surface area contributed by atoms with Gasteiger partial charge < -0.3 is 16.8 Å². The van der Waals surface area contributed by atoms with Gasteiger partial charge in [-0.15, -0.1) is 37.2 Å². The molecule has 15 heteroatoms. The number of rotatable bonds is 12. The van der Waals surface area contributed by atoms with Crippen LogP contribution in [0.2, 0.25) is 10.0 Å². The Kier molecular flexibility index (Phi) is 17.1. The summed E-state index contributed by atoms with van der Waals surface area (Å²) in [4.78, 5) is 44.7. The third-order valence-electron chi connectivity index (χ3n) is 7.42. The summed E-state index contributed by atoms with van der Waals surface area (Å²) in [7, 11) is 0. The highest BCUT2D eigenvalue weighted by Crippen LogP contribution is 2.32. The van der Waals surface area contributed by atoms with Gasteiger partial charge in [0, 0.05) is 43.5 Å². The van der Waals surface area contributed by atoms with Crippen LogP contribution in [0.5, 0.6) is 0 Å². The molecule has 2 aromatic carbocycles. The molecule has 9 nitrogen and oxygen atoms in total. The molecule has 1 aromatic heterocycles. The van der Waals surface area contributed by atoms with E-state index in [1.165, 1.54) is 24.3 Å². The van der Waals surface area contributed by atoms with Gasteiger partial charge in [0.25, 0.3) is 0 Å². The lowest BCUT2D eigenvalue weighted by atomic mass is 9.88. The predicted octanol–water partition coefficient (Wildman–Crippen LogP) is 5.30. The van der Waals surface area contributed by atoms with E-state index in [9.17, 15) is 18.8 Å². The average Bonchev–Trinajstić information content (AvgIpc) is 2.96. The van der Waals surface area contributed by atoms with E-state index in [1.54, 1.807) is 11.1 Å². The number of aromatic nitrogens is 1. The fraction of sp³-hybridized carbons (Fsp3) is 0.333. The number of hydrogen-bond donors (Lipinski definition) is 3. The summed E-state index contributed by atoms with van der Waals surface area (Å²) in [6.07, 6.45) is 6.25. The van der Waals surface area contributed by atoms with Gasteiger partial charge in [0.2, 0.25) is 17.7 Å². The Labute approximate surface area is 290 Å². The Hall–Kier alpha value is -2.70. The summed E-state index contributed by atoms with van der Waals surface area (Å²) >= 11 is 12.4. The van der Waals surface area contributed by atoms with Gasteiger partial charge in [-0.3, -0.25) is 29.2 Å². The van der Waals surface area contributed by atoms with Crippen molar-refractivity contribution in [2.24, 2.45) is 11.5 Å². The SMILES string of the molecule is Cl.Cl.Cl.NC(=O)c1cc(Cl)c(NC(=O)CN2CCN(CCCCC(c3ccc(F)cc3)c3cccnc3)CC2C(N)=O)c(Cl)c1. The number of nitrogens with two attached hydrogens (primary N) is 2. The molecule has 0 aliphatic carbocycles. The number of amides is 3. The molecular weight excluding hydrogens is 689 g/mol. The summed E-state index contributed by atoms with van der Waals surface area (Å²) in [6, 6.07) is 12.5. The molecule has 5 N–H and O–H groups in total. The maximum absolute atomic E-state index is 13.5. The van der Waals surface area contributed by atoms with E-state index >= 15 is 0 Å². The number of halogens is 6. The third-order valence-corrected chi connectivity index (χ3v) is 8.01. The Morgan fingerprint density at radius 3 is 2.22 bits per heavy atom. The number of carbonyl (C=O) groups is 3. The first kappa shape index (κ1) is 40.3. The number of primary amides is 2. The fourth-order valence-corrected chi connectivity index (χ4v) is 5.81. The minimum absolute atomic E-state index is 0. The molecule has 45 heavy (non-hydrogen) atoms. The van der Waals surface area contributed by atoms with Crippen LogP contribution < -0.4 is 16.8 Å².